The van der Waals surface area contributed by atoms with E-state index in [9.17, 15) is 0 Å². The van der Waals surface area contributed by atoms with Crippen LogP contribution in [0.2, 0.25) is 0 Å². The second-order valence-corrected chi connectivity index (χ2v) is 6.41. The van der Waals surface area contributed by atoms with Gasteiger partial charge < -0.3 is 4.74 Å². The van der Waals surface area contributed by atoms with E-state index in [-0.39, 0.29) is 0 Å². The lowest BCUT2D eigenvalue weighted by atomic mass is 10.2. The van der Waals surface area contributed by atoms with E-state index < -0.39 is 0 Å². The number of benzene rings is 2. The van der Waals surface area contributed by atoms with E-state index in [0.29, 0.717) is 18.0 Å². The highest BCUT2D eigenvalue weighted by Gasteiger charge is 2.07. The molecule has 3 aromatic rings. The van der Waals surface area contributed by atoms with Crippen molar-refractivity contribution in [3.63, 3.8) is 0 Å². The molecule has 0 fully saturated rings. The summed E-state index contributed by atoms with van der Waals surface area (Å²) in [4.78, 5) is 6.62. The van der Waals surface area contributed by atoms with Gasteiger partial charge in [-0.2, -0.15) is 4.98 Å². The summed E-state index contributed by atoms with van der Waals surface area (Å²) >= 11 is 5.38. The van der Waals surface area contributed by atoms with Crippen molar-refractivity contribution in [2.24, 2.45) is 0 Å². The van der Waals surface area contributed by atoms with Crippen molar-refractivity contribution in [3.8, 4) is 17.1 Å². The highest BCUT2D eigenvalue weighted by molar-refractivity contribution is 7.71. The summed E-state index contributed by atoms with van der Waals surface area (Å²) in [5, 5.41) is 3.28. The first kappa shape index (κ1) is 18.1. The van der Waals surface area contributed by atoms with E-state index in [1.165, 1.54) is 5.56 Å². The number of hydrogen-bond acceptors (Lipinski definition) is 4. The molecule has 0 aliphatic heterocycles. The molecule has 1 N–H and O–H groups in total. The van der Waals surface area contributed by atoms with Crippen LogP contribution in [0.25, 0.3) is 11.4 Å². The molecule has 3 rings (SSSR count). The van der Waals surface area contributed by atoms with Crippen LogP contribution in [-0.4, -0.2) is 33.3 Å². The molecule has 1 aromatic heterocycles. The van der Waals surface area contributed by atoms with E-state index in [1.54, 1.807) is 6.08 Å². The molecule has 1 heterocycles. The van der Waals surface area contributed by atoms with Gasteiger partial charge in [0.25, 0.3) is 0 Å². The van der Waals surface area contributed by atoms with E-state index in [0.717, 1.165) is 23.7 Å². The zero-order chi connectivity index (χ0) is 18.4. The highest BCUT2D eigenvalue weighted by Crippen LogP contribution is 2.15. The van der Waals surface area contributed by atoms with Gasteiger partial charge in [0, 0.05) is 12.1 Å². The van der Waals surface area contributed by atoms with Gasteiger partial charge in [0.1, 0.15) is 12.4 Å². The molecule has 0 atom stereocenters. The van der Waals surface area contributed by atoms with Crippen LogP contribution in [0.3, 0.4) is 0 Å². The fraction of sp³-hybridized carbons (Fsp3) is 0.200. The Kier molecular flexibility index (Phi) is 5.99. The van der Waals surface area contributed by atoms with Crippen molar-refractivity contribution in [3.05, 3.63) is 77.6 Å². The molecule has 0 saturated carbocycles. The molecule has 0 bridgehead atoms. The quantitative estimate of drug-likeness (QED) is 0.478. The predicted molar refractivity (Wildman–Crippen MR) is 106 cm³/mol. The maximum Gasteiger partial charge on any atom is 0.217 e. The van der Waals surface area contributed by atoms with Gasteiger partial charge >= 0.3 is 0 Å². The number of nitrogens with zero attached hydrogens (tertiary/aromatic N) is 3. The van der Waals surface area contributed by atoms with Gasteiger partial charge in [-0.05, 0) is 37.0 Å². The Labute approximate surface area is 158 Å². The van der Waals surface area contributed by atoms with E-state index >= 15 is 0 Å². The molecule has 6 heteroatoms. The molecule has 26 heavy (non-hydrogen) atoms. The van der Waals surface area contributed by atoms with Gasteiger partial charge in [0.05, 0.1) is 6.67 Å². The first-order valence-corrected chi connectivity index (χ1v) is 8.80. The molecule has 0 aliphatic carbocycles. The Balaban J connectivity index is 1.63. The maximum atomic E-state index is 5.51. The Morgan fingerprint density at radius 3 is 2.62 bits per heavy atom. The average molecular weight is 366 g/mol. The molecule has 2 aromatic carbocycles. The third-order valence-electron chi connectivity index (χ3n) is 3.85. The van der Waals surface area contributed by atoms with Crippen molar-refractivity contribution >= 4 is 12.2 Å². The smallest absolute Gasteiger partial charge is 0.217 e. The average Bonchev–Trinajstić information content (AvgIpc) is 3.02. The summed E-state index contributed by atoms with van der Waals surface area (Å²) in [5.41, 5.74) is 2.22. The first-order chi connectivity index (χ1) is 12.7. The molecule has 134 valence electrons. The van der Waals surface area contributed by atoms with Crippen LogP contribution in [-0.2, 0) is 13.2 Å². The number of rotatable bonds is 8. The van der Waals surface area contributed by atoms with Crippen molar-refractivity contribution in [1.82, 2.24) is 19.7 Å². The Morgan fingerprint density at radius 2 is 1.92 bits per heavy atom. The predicted octanol–water partition coefficient (Wildman–Crippen LogP) is 4.26. The SMILES string of the molecule is C=CCOc1ccc(CN(C)Cn2[nH]c(-c3ccccc3)nc2=S)cc1. The molecule has 5 nitrogen and oxygen atoms in total. The topological polar surface area (TPSA) is 46.1 Å². The lowest BCUT2D eigenvalue weighted by Gasteiger charge is -2.17. The number of ether oxygens (including phenoxy) is 1. The molecular weight excluding hydrogens is 344 g/mol. The molecule has 0 saturated heterocycles. The van der Waals surface area contributed by atoms with Gasteiger partial charge in [0.15, 0.2) is 5.82 Å². The van der Waals surface area contributed by atoms with Gasteiger partial charge in [-0.3, -0.25) is 10.00 Å². The van der Waals surface area contributed by atoms with E-state index in [1.807, 2.05) is 54.2 Å². The van der Waals surface area contributed by atoms with Gasteiger partial charge in [-0.15, -0.1) is 0 Å². The maximum absolute atomic E-state index is 5.51. The number of nitrogens with one attached hydrogen (secondary N) is 1. The minimum absolute atomic E-state index is 0.515. The molecule has 0 spiro atoms. The summed E-state index contributed by atoms with van der Waals surface area (Å²) in [6, 6.07) is 18.1. The van der Waals surface area contributed by atoms with E-state index in [2.05, 4.69) is 33.7 Å². The van der Waals surface area contributed by atoms with Gasteiger partial charge in [0.2, 0.25) is 4.77 Å². The van der Waals surface area contributed by atoms with Crippen LogP contribution in [0, 0.1) is 4.77 Å². The van der Waals surface area contributed by atoms with Crippen LogP contribution in [0.4, 0.5) is 0 Å². The minimum Gasteiger partial charge on any atom is -0.490 e. The van der Waals surface area contributed by atoms with Crippen LogP contribution >= 0.6 is 12.2 Å². The fourth-order valence-corrected chi connectivity index (χ4v) is 2.82. The third-order valence-corrected chi connectivity index (χ3v) is 4.16. The summed E-state index contributed by atoms with van der Waals surface area (Å²) in [6.07, 6.45) is 1.74. The molecule has 0 radical (unpaired) electrons. The monoisotopic (exact) mass is 366 g/mol. The number of aromatic nitrogens is 3. The Hall–Kier alpha value is -2.70. The van der Waals surface area contributed by atoms with Gasteiger partial charge in [-0.25, -0.2) is 4.68 Å². The first-order valence-electron chi connectivity index (χ1n) is 8.39. The summed E-state index contributed by atoms with van der Waals surface area (Å²) < 4.78 is 7.93. The zero-order valence-electron chi connectivity index (χ0n) is 14.8. The fourth-order valence-electron chi connectivity index (χ4n) is 2.63. The summed E-state index contributed by atoms with van der Waals surface area (Å²) in [5.74, 6) is 1.63. The zero-order valence-corrected chi connectivity index (χ0v) is 15.6. The van der Waals surface area contributed by atoms with Crippen LogP contribution in [0.5, 0.6) is 5.75 Å². The molecular formula is C20H22N4OS. The summed E-state index contributed by atoms with van der Waals surface area (Å²) in [7, 11) is 2.05. The number of hydrogen-bond donors (Lipinski definition) is 1. The third kappa shape index (κ3) is 4.68. The standard InChI is InChI=1S/C20H22N4OS/c1-3-13-25-18-11-9-16(10-12-18)14-23(2)15-24-20(26)21-19(22-24)17-7-5-4-6-8-17/h3-12H,1,13-15H2,2H3,(H,21,22,26). The van der Waals surface area contributed by atoms with Crippen molar-refractivity contribution in [1.29, 1.82) is 0 Å². The van der Waals surface area contributed by atoms with Crippen molar-refractivity contribution in [2.45, 2.75) is 13.2 Å². The normalized spacial score (nSPS) is 10.8. The number of H-pyrrole nitrogens is 1. The van der Waals surface area contributed by atoms with Crippen LogP contribution in [0.15, 0.2) is 67.3 Å². The van der Waals surface area contributed by atoms with Crippen molar-refractivity contribution in [2.75, 3.05) is 13.7 Å². The van der Waals surface area contributed by atoms with Crippen LogP contribution in [0.1, 0.15) is 5.56 Å². The van der Waals surface area contributed by atoms with Crippen LogP contribution < -0.4 is 4.74 Å². The molecule has 0 amide bonds. The second-order valence-electron chi connectivity index (χ2n) is 6.05. The van der Waals surface area contributed by atoms with Gasteiger partial charge in [-0.1, -0.05) is 55.1 Å². The Morgan fingerprint density at radius 1 is 1.19 bits per heavy atom. The van der Waals surface area contributed by atoms with E-state index in [4.69, 9.17) is 17.0 Å². The summed E-state index contributed by atoms with van der Waals surface area (Å²) in [6.45, 7) is 5.59. The molecule has 0 unspecified atom stereocenters. The lowest BCUT2D eigenvalue weighted by Crippen LogP contribution is -2.22. The minimum atomic E-state index is 0.515. The lowest BCUT2D eigenvalue weighted by molar-refractivity contribution is 0.244. The highest BCUT2D eigenvalue weighted by atomic mass is 32.1. The second kappa shape index (κ2) is 8.60. The Bertz CT molecular complexity index is 900. The van der Waals surface area contributed by atoms with Crippen molar-refractivity contribution < 1.29 is 4.74 Å². The largest absolute Gasteiger partial charge is 0.490 e. The molecule has 0 aliphatic rings. The number of aromatic amines is 1.